The third kappa shape index (κ3) is 4.01. The molecule has 0 aliphatic rings. The average Bonchev–Trinajstić information content (AvgIpc) is 2.35. The Hall–Kier alpha value is -2.45. The van der Waals surface area contributed by atoms with Gasteiger partial charge in [-0.3, -0.25) is 5.43 Å². The van der Waals surface area contributed by atoms with Crippen LogP contribution in [-0.4, -0.2) is 28.5 Å². The molecule has 0 bridgehead atoms. The van der Waals surface area contributed by atoms with Crippen LogP contribution in [0.4, 0.5) is 29.3 Å². The molecule has 0 aliphatic heterocycles. The molecule has 1 atom stereocenters. The van der Waals surface area contributed by atoms with Crippen LogP contribution in [0.2, 0.25) is 0 Å². The number of hydrazine groups is 1. The van der Waals surface area contributed by atoms with Crippen molar-refractivity contribution in [3.63, 3.8) is 0 Å². The first-order valence-corrected chi connectivity index (χ1v) is 5.86. The number of nitrogens with one attached hydrogen (secondary N) is 1. The summed E-state index contributed by atoms with van der Waals surface area (Å²) in [4.78, 5) is 21.5. The molecule has 4 N–H and O–H groups in total. The Bertz CT molecular complexity index is 534. The second-order valence-electron chi connectivity index (χ2n) is 4.28. The summed E-state index contributed by atoms with van der Waals surface area (Å²) in [5.74, 6) is 0. The number of nitrogens with two attached hydrogens (primary N) is 1. The summed E-state index contributed by atoms with van der Waals surface area (Å²) in [5, 5.41) is 9.66. The number of halogens is 3. The van der Waals surface area contributed by atoms with E-state index in [9.17, 15) is 22.8 Å². The van der Waals surface area contributed by atoms with Gasteiger partial charge in [0, 0.05) is 6.42 Å². The molecule has 0 aromatic heterocycles. The first-order valence-electron chi connectivity index (χ1n) is 5.86. The Kier molecular flexibility index (Phi) is 5.01. The number of rotatable bonds is 5. The van der Waals surface area contributed by atoms with Gasteiger partial charge < -0.3 is 15.6 Å². The van der Waals surface area contributed by atoms with E-state index in [0.717, 1.165) is 12.1 Å². The van der Waals surface area contributed by atoms with Gasteiger partial charge in [0.25, 0.3) is 0 Å². The number of carbonyl (C=O) groups excluding carboxylic acids is 1. The number of carboxylic acid groups (broad SMARTS) is 1. The number of nitrogen functional groups attached to an aromatic ring is 1. The molecule has 6 nitrogen and oxygen atoms in total. The second-order valence-corrected chi connectivity index (χ2v) is 4.28. The summed E-state index contributed by atoms with van der Waals surface area (Å²) < 4.78 is 38.2. The number of nitrogens with zero attached hydrogens (tertiary/aromatic N) is 1. The topological polar surface area (TPSA) is 95.7 Å². The second kappa shape index (κ2) is 6.33. The van der Waals surface area contributed by atoms with E-state index in [1.807, 2.05) is 0 Å². The predicted octanol–water partition coefficient (Wildman–Crippen LogP) is 2.57. The predicted molar refractivity (Wildman–Crippen MR) is 69.5 cm³/mol. The van der Waals surface area contributed by atoms with Crippen molar-refractivity contribution < 1.29 is 27.9 Å². The van der Waals surface area contributed by atoms with Gasteiger partial charge in [0.05, 0.1) is 23.0 Å². The molecular formula is C12H14F3N3O3. The molecule has 116 valence electrons. The average molecular weight is 305 g/mol. The zero-order chi connectivity index (χ0) is 16.2. The van der Waals surface area contributed by atoms with Gasteiger partial charge in [-0.25, -0.2) is 9.80 Å². The van der Waals surface area contributed by atoms with Crippen LogP contribution in [0.15, 0.2) is 18.2 Å². The van der Waals surface area contributed by atoms with Crippen molar-refractivity contribution in [2.45, 2.75) is 25.6 Å². The highest BCUT2D eigenvalue weighted by atomic mass is 19.4. The van der Waals surface area contributed by atoms with Crippen LogP contribution in [-0.2, 0) is 11.0 Å². The molecule has 0 fully saturated rings. The zero-order valence-electron chi connectivity index (χ0n) is 11.0. The first kappa shape index (κ1) is 16.6. The molecule has 0 radical (unpaired) electrons. The van der Waals surface area contributed by atoms with Gasteiger partial charge in [-0.15, -0.1) is 0 Å². The minimum atomic E-state index is -4.65. The molecule has 21 heavy (non-hydrogen) atoms. The summed E-state index contributed by atoms with van der Waals surface area (Å²) in [6.45, 7) is 1.43. The van der Waals surface area contributed by atoms with Crippen LogP contribution in [0.3, 0.4) is 0 Å². The summed E-state index contributed by atoms with van der Waals surface area (Å²) in [6, 6.07) is 2.34. The van der Waals surface area contributed by atoms with Gasteiger partial charge in [0.2, 0.25) is 0 Å². The van der Waals surface area contributed by atoms with Gasteiger partial charge in [-0.05, 0) is 19.1 Å². The molecule has 0 aliphatic carbocycles. The molecule has 0 spiro atoms. The van der Waals surface area contributed by atoms with Crippen molar-refractivity contribution in [3.8, 4) is 0 Å². The number of hydrogen-bond acceptors (Lipinski definition) is 4. The van der Waals surface area contributed by atoms with Crippen molar-refractivity contribution in [1.29, 1.82) is 0 Å². The van der Waals surface area contributed by atoms with Gasteiger partial charge in [-0.2, -0.15) is 13.2 Å². The molecule has 0 saturated heterocycles. The van der Waals surface area contributed by atoms with Gasteiger partial charge in [0.1, 0.15) is 6.29 Å². The summed E-state index contributed by atoms with van der Waals surface area (Å²) in [6.07, 6.45) is -5.69. The van der Waals surface area contributed by atoms with Gasteiger partial charge in [-0.1, -0.05) is 6.07 Å². The Morgan fingerprint density at radius 1 is 1.52 bits per heavy atom. The molecule has 1 aromatic carbocycles. The maximum atomic E-state index is 12.7. The normalized spacial score (nSPS) is 12.6. The van der Waals surface area contributed by atoms with Crippen LogP contribution in [0.5, 0.6) is 0 Å². The molecule has 1 unspecified atom stereocenters. The largest absolute Gasteiger partial charge is 0.464 e. The van der Waals surface area contributed by atoms with Crippen molar-refractivity contribution in [3.05, 3.63) is 23.8 Å². The summed E-state index contributed by atoms with van der Waals surface area (Å²) in [5.41, 5.74) is 5.83. The first-order chi connectivity index (χ1) is 9.68. The molecule has 0 saturated carbocycles. The van der Waals surface area contributed by atoms with E-state index in [4.69, 9.17) is 10.8 Å². The van der Waals surface area contributed by atoms with Crippen molar-refractivity contribution in [2.75, 3.05) is 11.2 Å². The fraction of sp³-hybridized carbons (Fsp3) is 0.333. The van der Waals surface area contributed by atoms with Crippen LogP contribution in [0, 0.1) is 0 Å². The van der Waals surface area contributed by atoms with Crippen LogP contribution >= 0.6 is 0 Å². The van der Waals surface area contributed by atoms with E-state index in [-0.39, 0.29) is 12.1 Å². The number of alkyl halides is 3. The number of carbonyl (C=O) groups is 2. The fourth-order valence-electron chi connectivity index (χ4n) is 1.63. The maximum Gasteiger partial charge on any atom is 0.426 e. The Morgan fingerprint density at radius 2 is 2.14 bits per heavy atom. The number of anilines is 2. The molecular weight excluding hydrogens is 291 g/mol. The highest BCUT2D eigenvalue weighted by Crippen LogP contribution is 2.37. The Labute approximate surface area is 118 Å². The van der Waals surface area contributed by atoms with Crippen molar-refractivity contribution >= 4 is 23.8 Å². The number of aldehydes is 1. The van der Waals surface area contributed by atoms with E-state index < -0.39 is 29.6 Å². The quantitative estimate of drug-likeness (QED) is 0.441. The number of amides is 1. The van der Waals surface area contributed by atoms with Crippen LogP contribution in [0.25, 0.3) is 0 Å². The van der Waals surface area contributed by atoms with Crippen LogP contribution in [0.1, 0.15) is 18.9 Å². The minimum absolute atomic E-state index is 0.113. The third-order valence-electron chi connectivity index (χ3n) is 2.74. The third-order valence-corrected chi connectivity index (χ3v) is 2.74. The number of hydrogen-bond donors (Lipinski definition) is 3. The lowest BCUT2D eigenvalue weighted by atomic mass is 10.1. The SMILES string of the molecule is CC(CC=O)N(Nc1cccc(C(F)(F)F)c1N)C(=O)O. The van der Waals surface area contributed by atoms with E-state index >= 15 is 0 Å². The molecule has 1 amide bonds. The zero-order valence-corrected chi connectivity index (χ0v) is 11.0. The molecule has 9 heteroatoms. The van der Waals surface area contributed by atoms with Crippen molar-refractivity contribution in [1.82, 2.24) is 5.01 Å². The van der Waals surface area contributed by atoms with Gasteiger partial charge >= 0.3 is 12.3 Å². The van der Waals surface area contributed by atoms with E-state index in [2.05, 4.69) is 5.43 Å². The summed E-state index contributed by atoms with van der Waals surface area (Å²) >= 11 is 0. The lowest BCUT2D eigenvalue weighted by molar-refractivity contribution is -0.136. The standard InChI is InChI=1S/C12H14F3N3O3/c1-7(5-6-19)18(11(20)21)17-9-4-2-3-8(10(9)16)12(13,14)15/h2-4,6-7,17H,5,16H2,1H3,(H,20,21). The highest BCUT2D eigenvalue weighted by Gasteiger charge is 2.34. The number of para-hydroxylation sites is 1. The van der Waals surface area contributed by atoms with E-state index in [0.29, 0.717) is 11.3 Å². The van der Waals surface area contributed by atoms with Gasteiger partial charge in [0.15, 0.2) is 0 Å². The lowest BCUT2D eigenvalue weighted by Crippen LogP contribution is -2.42. The molecule has 1 aromatic rings. The Morgan fingerprint density at radius 3 is 2.62 bits per heavy atom. The van der Waals surface area contributed by atoms with E-state index in [1.54, 1.807) is 0 Å². The lowest BCUT2D eigenvalue weighted by Gasteiger charge is -2.27. The summed E-state index contributed by atoms with van der Waals surface area (Å²) in [7, 11) is 0. The van der Waals surface area contributed by atoms with E-state index in [1.165, 1.54) is 13.0 Å². The monoisotopic (exact) mass is 305 g/mol. The molecule has 1 rings (SSSR count). The number of benzene rings is 1. The smallest absolute Gasteiger partial charge is 0.426 e. The molecule has 0 heterocycles. The van der Waals surface area contributed by atoms with Crippen LogP contribution < -0.4 is 11.2 Å². The van der Waals surface area contributed by atoms with Crippen molar-refractivity contribution in [2.24, 2.45) is 0 Å². The maximum absolute atomic E-state index is 12.7. The fourth-order valence-corrected chi connectivity index (χ4v) is 1.63. The Balaban J connectivity index is 3.11. The highest BCUT2D eigenvalue weighted by molar-refractivity contribution is 5.74. The minimum Gasteiger partial charge on any atom is -0.464 e.